The third-order valence-corrected chi connectivity index (χ3v) is 5.10. The van der Waals surface area contributed by atoms with Crippen LogP contribution >= 0.6 is 34.4 Å². The molecule has 2 rings (SSSR count). The van der Waals surface area contributed by atoms with Crippen LogP contribution in [0.1, 0.15) is 20.3 Å². The summed E-state index contributed by atoms with van der Waals surface area (Å²) in [6, 6.07) is 3.44. The van der Waals surface area contributed by atoms with Crippen molar-refractivity contribution >= 4 is 50.6 Å². The van der Waals surface area contributed by atoms with Gasteiger partial charge in [-0.3, -0.25) is 10.6 Å². The van der Waals surface area contributed by atoms with Crippen LogP contribution in [0.4, 0.5) is 14.9 Å². The summed E-state index contributed by atoms with van der Waals surface area (Å²) >= 11 is 4.55. The molecule has 0 aliphatic carbocycles. The number of hydrogen-bond donors (Lipinski definition) is 2. The van der Waals surface area contributed by atoms with Gasteiger partial charge in [0, 0.05) is 5.75 Å². The Morgan fingerprint density at radius 2 is 2.25 bits per heavy atom. The van der Waals surface area contributed by atoms with E-state index in [1.807, 2.05) is 17.5 Å². The number of nitrogens with one attached hydrogen (secondary N) is 2. The molecule has 2 N–H and O–H groups in total. The maximum atomic E-state index is 11.7. The van der Waals surface area contributed by atoms with E-state index in [-0.39, 0.29) is 6.03 Å². The molecule has 2 aromatic heterocycles. The molecular weight excluding hydrogens is 312 g/mol. The van der Waals surface area contributed by atoms with Gasteiger partial charge in [-0.1, -0.05) is 36.9 Å². The first-order chi connectivity index (χ1) is 9.63. The van der Waals surface area contributed by atoms with Crippen molar-refractivity contribution in [2.45, 2.75) is 24.6 Å². The Balaban J connectivity index is 1.78. The lowest BCUT2D eigenvalue weighted by Crippen LogP contribution is -2.18. The Morgan fingerprint density at radius 3 is 2.95 bits per heavy atom. The first-order valence-corrected chi connectivity index (χ1v) is 8.89. The molecule has 0 aliphatic rings. The number of carbonyl (C=O) groups excluding carboxylic acids is 1. The van der Waals surface area contributed by atoms with E-state index < -0.39 is 0 Å². The number of aromatic nitrogens is 2. The minimum absolute atomic E-state index is 0.290. The van der Waals surface area contributed by atoms with Gasteiger partial charge in [0.1, 0.15) is 0 Å². The number of nitrogens with zero attached hydrogens (tertiary/aromatic N) is 2. The third kappa shape index (κ3) is 5.10. The fourth-order valence-corrected chi connectivity index (χ4v) is 3.96. The second-order valence-corrected chi connectivity index (χ2v) is 7.73. The highest BCUT2D eigenvalue weighted by Crippen LogP contribution is 2.27. The Morgan fingerprint density at radius 1 is 1.40 bits per heavy atom. The molecule has 0 aromatic carbocycles. The van der Waals surface area contributed by atoms with Crippen LogP contribution in [0.5, 0.6) is 0 Å². The van der Waals surface area contributed by atoms with Crippen molar-refractivity contribution in [1.82, 2.24) is 10.2 Å². The number of carbonyl (C=O) groups is 1. The maximum Gasteiger partial charge on any atom is 0.326 e. The summed E-state index contributed by atoms with van der Waals surface area (Å²) in [4.78, 5) is 11.7. The summed E-state index contributed by atoms with van der Waals surface area (Å²) in [5, 5.41) is 16.7. The van der Waals surface area contributed by atoms with Gasteiger partial charge in [0.05, 0.1) is 5.00 Å². The standard InChI is InChI=1S/C12H16N4OS3/c1-8(2)5-7-19-12-16-15-11(20-12)14-10(17)13-9-4-3-6-18-9/h3-4,6,8H,5,7H2,1-2H3,(H2,13,14,15,17). The largest absolute Gasteiger partial charge is 0.326 e. The molecule has 0 saturated carbocycles. The minimum Gasteiger partial charge on any atom is -0.299 e. The van der Waals surface area contributed by atoms with Gasteiger partial charge < -0.3 is 0 Å². The van der Waals surface area contributed by atoms with Crippen LogP contribution in [-0.4, -0.2) is 22.0 Å². The molecular formula is C12H16N4OS3. The van der Waals surface area contributed by atoms with Crippen LogP contribution in [0, 0.1) is 5.92 Å². The SMILES string of the molecule is CC(C)CCSc1nnc(NC(=O)Nc2cccs2)s1. The predicted molar refractivity (Wildman–Crippen MR) is 87.0 cm³/mol. The van der Waals surface area contributed by atoms with E-state index >= 15 is 0 Å². The first-order valence-electron chi connectivity index (χ1n) is 6.21. The van der Waals surface area contributed by atoms with E-state index in [1.165, 1.54) is 22.7 Å². The molecule has 0 atom stereocenters. The number of hydrogen-bond acceptors (Lipinski definition) is 6. The van der Waals surface area contributed by atoms with Crippen LogP contribution < -0.4 is 10.6 Å². The van der Waals surface area contributed by atoms with Gasteiger partial charge in [-0.2, -0.15) is 0 Å². The average Bonchev–Trinajstić information content (AvgIpc) is 3.01. The highest BCUT2D eigenvalue weighted by Gasteiger charge is 2.09. The van der Waals surface area contributed by atoms with Crippen LogP contribution in [0.25, 0.3) is 0 Å². The number of thiophene rings is 1. The molecule has 0 bridgehead atoms. The molecule has 0 radical (unpaired) electrons. The van der Waals surface area contributed by atoms with Gasteiger partial charge in [-0.15, -0.1) is 21.5 Å². The van der Waals surface area contributed by atoms with Crippen LogP contribution in [-0.2, 0) is 0 Å². The van der Waals surface area contributed by atoms with E-state index in [4.69, 9.17) is 0 Å². The quantitative estimate of drug-likeness (QED) is 0.610. The smallest absolute Gasteiger partial charge is 0.299 e. The molecule has 0 aliphatic heterocycles. The summed E-state index contributed by atoms with van der Waals surface area (Å²) in [6.45, 7) is 4.39. The van der Waals surface area contributed by atoms with Gasteiger partial charge in [0.15, 0.2) is 4.34 Å². The zero-order valence-corrected chi connectivity index (χ0v) is 13.7. The second kappa shape index (κ2) is 7.61. The molecule has 0 unspecified atom stereocenters. The normalized spacial score (nSPS) is 10.8. The zero-order valence-electron chi connectivity index (χ0n) is 11.3. The number of amides is 2. The van der Waals surface area contributed by atoms with Crippen molar-refractivity contribution in [3.63, 3.8) is 0 Å². The Labute approximate surface area is 130 Å². The summed E-state index contributed by atoms with van der Waals surface area (Å²) in [5.74, 6) is 1.71. The van der Waals surface area contributed by atoms with Crippen molar-refractivity contribution in [3.05, 3.63) is 17.5 Å². The molecule has 2 amide bonds. The molecule has 20 heavy (non-hydrogen) atoms. The van der Waals surface area contributed by atoms with E-state index in [0.29, 0.717) is 11.0 Å². The van der Waals surface area contributed by atoms with Crippen molar-refractivity contribution in [2.24, 2.45) is 5.92 Å². The van der Waals surface area contributed by atoms with Gasteiger partial charge in [-0.05, 0) is 29.9 Å². The fourth-order valence-electron chi connectivity index (χ4n) is 1.29. The van der Waals surface area contributed by atoms with Crippen LogP contribution in [0.3, 0.4) is 0 Å². The minimum atomic E-state index is -0.290. The van der Waals surface area contributed by atoms with Gasteiger partial charge in [-0.25, -0.2) is 4.79 Å². The van der Waals surface area contributed by atoms with Gasteiger partial charge in [0.25, 0.3) is 0 Å². The summed E-state index contributed by atoms with van der Waals surface area (Å²) in [7, 11) is 0. The van der Waals surface area contributed by atoms with Crippen molar-refractivity contribution in [2.75, 3.05) is 16.4 Å². The Kier molecular flexibility index (Phi) is 5.81. The summed E-state index contributed by atoms with van der Waals surface area (Å²) in [6.07, 6.45) is 1.14. The molecule has 0 fully saturated rings. The number of anilines is 2. The highest BCUT2D eigenvalue weighted by molar-refractivity contribution is 8.01. The Bertz CT molecular complexity index is 539. The number of thioether (sulfide) groups is 1. The van der Waals surface area contributed by atoms with E-state index in [9.17, 15) is 4.79 Å². The molecule has 8 heteroatoms. The molecule has 2 aromatic rings. The van der Waals surface area contributed by atoms with Crippen molar-refractivity contribution < 1.29 is 4.79 Å². The van der Waals surface area contributed by atoms with Crippen LogP contribution in [0.2, 0.25) is 0 Å². The number of urea groups is 1. The average molecular weight is 328 g/mol. The maximum absolute atomic E-state index is 11.7. The van der Waals surface area contributed by atoms with Gasteiger partial charge >= 0.3 is 6.03 Å². The molecule has 5 nitrogen and oxygen atoms in total. The summed E-state index contributed by atoms with van der Waals surface area (Å²) < 4.78 is 0.886. The molecule has 2 heterocycles. The molecule has 108 valence electrons. The lowest BCUT2D eigenvalue weighted by Gasteiger charge is -2.01. The highest BCUT2D eigenvalue weighted by atomic mass is 32.2. The van der Waals surface area contributed by atoms with E-state index in [2.05, 4.69) is 34.7 Å². The monoisotopic (exact) mass is 328 g/mol. The predicted octanol–water partition coefficient (Wildman–Crippen LogP) is 4.38. The van der Waals surface area contributed by atoms with Crippen LogP contribution in [0.15, 0.2) is 21.9 Å². The topological polar surface area (TPSA) is 66.9 Å². The molecule has 0 saturated heterocycles. The van der Waals surface area contributed by atoms with E-state index in [1.54, 1.807) is 11.8 Å². The molecule has 0 spiro atoms. The lowest BCUT2D eigenvalue weighted by molar-refractivity contribution is 0.262. The third-order valence-electron chi connectivity index (χ3n) is 2.31. The fraction of sp³-hybridized carbons (Fsp3) is 0.417. The van der Waals surface area contributed by atoms with Crippen molar-refractivity contribution in [3.8, 4) is 0 Å². The Hall–Kier alpha value is -1.12. The van der Waals surface area contributed by atoms with E-state index in [0.717, 1.165) is 21.5 Å². The lowest BCUT2D eigenvalue weighted by atomic mass is 10.2. The van der Waals surface area contributed by atoms with Gasteiger partial charge in [0.2, 0.25) is 5.13 Å². The summed E-state index contributed by atoms with van der Waals surface area (Å²) in [5.41, 5.74) is 0. The second-order valence-electron chi connectivity index (χ2n) is 4.46. The van der Waals surface area contributed by atoms with Crippen molar-refractivity contribution in [1.29, 1.82) is 0 Å². The zero-order chi connectivity index (χ0) is 14.4. The first kappa shape index (κ1) is 15.3. The number of rotatable bonds is 6.